The number of hydrogen-bond donors (Lipinski definition) is 0. The van der Waals surface area contributed by atoms with Gasteiger partial charge in [-0.05, 0) is 12.1 Å². The van der Waals surface area contributed by atoms with Crippen molar-refractivity contribution in [3.05, 3.63) is 24.2 Å². The van der Waals surface area contributed by atoms with E-state index in [0.29, 0.717) is 5.76 Å². The number of carbonyl (C=O) groups excluding carboxylic acids is 3. The summed E-state index contributed by atoms with van der Waals surface area (Å²) in [7, 11) is 1.27. The zero-order valence-corrected chi connectivity index (χ0v) is 7.97. The Morgan fingerprint density at radius 2 is 2.00 bits per heavy atom. The van der Waals surface area contributed by atoms with E-state index in [9.17, 15) is 14.4 Å². The van der Waals surface area contributed by atoms with E-state index >= 15 is 0 Å². The molecule has 0 aliphatic carbocycles. The van der Waals surface area contributed by atoms with E-state index in [1.54, 1.807) is 12.1 Å². The average Bonchev–Trinajstić information content (AvgIpc) is 2.79. The third kappa shape index (κ3) is 1.39. The molecule has 1 aliphatic rings. The predicted octanol–water partition coefficient (Wildman–Crippen LogP) is 0.200. The number of furan rings is 1. The Hall–Kier alpha value is -2.11. The van der Waals surface area contributed by atoms with Crippen molar-refractivity contribution < 1.29 is 18.8 Å². The zero-order valence-electron chi connectivity index (χ0n) is 7.97. The van der Waals surface area contributed by atoms with Gasteiger partial charge in [-0.2, -0.15) is 0 Å². The number of amides is 4. The largest absolute Gasteiger partial charge is 0.467 e. The number of urea groups is 1. The van der Waals surface area contributed by atoms with Gasteiger partial charge in [0, 0.05) is 7.05 Å². The molecule has 15 heavy (non-hydrogen) atoms. The molecule has 2 heterocycles. The second kappa shape index (κ2) is 3.23. The van der Waals surface area contributed by atoms with Gasteiger partial charge in [-0.1, -0.05) is 0 Å². The number of likely N-dealkylation sites (N-methyl/N-ethyl adjacent to an activating group) is 1. The Labute approximate surface area is 85.0 Å². The number of imide groups is 2. The first-order chi connectivity index (χ1) is 7.11. The molecule has 4 amide bonds. The van der Waals surface area contributed by atoms with Crippen molar-refractivity contribution in [3.63, 3.8) is 0 Å². The average molecular weight is 208 g/mol. The van der Waals surface area contributed by atoms with Crippen LogP contribution in [0.3, 0.4) is 0 Å². The van der Waals surface area contributed by atoms with Crippen LogP contribution in [0.4, 0.5) is 4.79 Å². The van der Waals surface area contributed by atoms with Crippen LogP contribution in [-0.2, 0) is 16.1 Å². The maximum Gasteiger partial charge on any atom is 0.334 e. The quantitative estimate of drug-likeness (QED) is 0.514. The highest BCUT2D eigenvalue weighted by atomic mass is 16.3. The fraction of sp³-hybridized carbons (Fsp3) is 0.222. The summed E-state index contributed by atoms with van der Waals surface area (Å²) in [5, 5.41) is 0. The standard InChI is InChI=1S/C9H8N2O4/c1-10-7(12)8(13)11(9(10)14)5-6-3-2-4-15-6/h2-4H,5H2,1H3. The topological polar surface area (TPSA) is 70.8 Å². The van der Waals surface area contributed by atoms with Gasteiger partial charge in [0.2, 0.25) is 0 Å². The van der Waals surface area contributed by atoms with Gasteiger partial charge >= 0.3 is 17.8 Å². The molecule has 6 nitrogen and oxygen atoms in total. The normalized spacial score (nSPS) is 16.7. The van der Waals surface area contributed by atoms with Crippen LogP contribution in [0.5, 0.6) is 0 Å². The Kier molecular flexibility index (Phi) is 2.03. The second-order valence-corrected chi connectivity index (χ2v) is 3.12. The number of hydrogen-bond acceptors (Lipinski definition) is 4. The molecule has 1 aromatic rings. The van der Waals surface area contributed by atoms with Crippen molar-refractivity contribution in [2.45, 2.75) is 6.54 Å². The first-order valence-corrected chi connectivity index (χ1v) is 4.27. The van der Waals surface area contributed by atoms with Crippen LogP contribution in [0, 0.1) is 0 Å². The molecule has 2 rings (SSSR count). The van der Waals surface area contributed by atoms with Gasteiger partial charge in [0.1, 0.15) is 5.76 Å². The summed E-state index contributed by atoms with van der Waals surface area (Å²) >= 11 is 0. The van der Waals surface area contributed by atoms with Crippen LogP contribution in [0.15, 0.2) is 22.8 Å². The van der Waals surface area contributed by atoms with Crippen molar-refractivity contribution in [1.82, 2.24) is 9.80 Å². The lowest BCUT2D eigenvalue weighted by Gasteiger charge is -2.10. The minimum absolute atomic E-state index is 0.0131. The van der Waals surface area contributed by atoms with Crippen molar-refractivity contribution in [3.8, 4) is 0 Å². The molecule has 0 N–H and O–H groups in total. The number of rotatable bonds is 2. The summed E-state index contributed by atoms with van der Waals surface area (Å²) in [5.41, 5.74) is 0. The van der Waals surface area contributed by atoms with Crippen LogP contribution < -0.4 is 0 Å². The van der Waals surface area contributed by atoms with Gasteiger partial charge in [0.15, 0.2) is 0 Å². The molecule has 0 bridgehead atoms. The van der Waals surface area contributed by atoms with Crippen molar-refractivity contribution in [1.29, 1.82) is 0 Å². The highest BCUT2D eigenvalue weighted by Crippen LogP contribution is 2.14. The highest BCUT2D eigenvalue weighted by Gasteiger charge is 2.42. The predicted molar refractivity (Wildman–Crippen MR) is 47.4 cm³/mol. The molecule has 1 aromatic heterocycles. The maximum absolute atomic E-state index is 11.4. The van der Waals surface area contributed by atoms with Crippen molar-refractivity contribution >= 4 is 17.8 Å². The Morgan fingerprint density at radius 1 is 1.27 bits per heavy atom. The first-order valence-electron chi connectivity index (χ1n) is 4.27. The summed E-state index contributed by atoms with van der Waals surface area (Å²) in [6.07, 6.45) is 1.44. The van der Waals surface area contributed by atoms with Crippen LogP contribution in [0.25, 0.3) is 0 Å². The Morgan fingerprint density at radius 3 is 2.47 bits per heavy atom. The van der Waals surface area contributed by atoms with Crippen LogP contribution >= 0.6 is 0 Å². The van der Waals surface area contributed by atoms with Crippen LogP contribution in [0.1, 0.15) is 5.76 Å². The number of carbonyl (C=O) groups is 3. The molecule has 1 fully saturated rings. The minimum Gasteiger partial charge on any atom is -0.467 e. The highest BCUT2D eigenvalue weighted by molar-refractivity contribution is 6.44. The Balaban J connectivity index is 2.20. The van der Waals surface area contributed by atoms with Gasteiger partial charge in [-0.3, -0.25) is 14.5 Å². The lowest BCUT2D eigenvalue weighted by molar-refractivity contribution is -0.143. The fourth-order valence-electron chi connectivity index (χ4n) is 1.31. The molecule has 0 radical (unpaired) electrons. The van der Waals surface area contributed by atoms with Gasteiger partial charge in [-0.25, -0.2) is 9.69 Å². The molecule has 78 valence electrons. The van der Waals surface area contributed by atoms with E-state index in [2.05, 4.69) is 0 Å². The van der Waals surface area contributed by atoms with E-state index in [-0.39, 0.29) is 6.54 Å². The second-order valence-electron chi connectivity index (χ2n) is 3.12. The molecular weight excluding hydrogens is 200 g/mol. The molecule has 0 aromatic carbocycles. The zero-order chi connectivity index (χ0) is 11.0. The van der Waals surface area contributed by atoms with Gasteiger partial charge in [0.25, 0.3) is 0 Å². The molecule has 1 saturated heterocycles. The lowest BCUT2D eigenvalue weighted by atomic mass is 10.4. The molecular formula is C9H8N2O4. The minimum atomic E-state index is -0.820. The molecule has 0 unspecified atom stereocenters. The first kappa shape index (κ1) is 9.45. The fourth-order valence-corrected chi connectivity index (χ4v) is 1.31. The monoisotopic (exact) mass is 208 g/mol. The SMILES string of the molecule is CN1C(=O)C(=O)N(Cc2ccco2)C1=O. The van der Waals surface area contributed by atoms with Crippen LogP contribution in [-0.4, -0.2) is 34.7 Å². The summed E-state index contributed by atoms with van der Waals surface area (Å²) in [4.78, 5) is 35.5. The van der Waals surface area contributed by atoms with E-state index in [1.807, 2.05) is 0 Å². The molecule has 0 saturated carbocycles. The molecule has 0 atom stereocenters. The summed E-state index contributed by atoms with van der Waals surface area (Å²) < 4.78 is 4.99. The summed E-state index contributed by atoms with van der Waals surface area (Å²) in [6.45, 7) is -0.0131. The van der Waals surface area contributed by atoms with E-state index < -0.39 is 17.8 Å². The van der Waals surface area contributed by atoms with E-state index in [1.165, 1.54) is 13.3 Å². The summed E-state index contributed by atoms with van der Waals surface area (Å²) in [5.74, 6) is -1.18. The molecule has 1 aliphatic heterocycles. The van der Waals surface area contributed by atoms with E-state index in [4.69, 9.17) is 4.42 Å². The van der Waals surface area contributed by atoms with Gasteiger partial charge in [-0.15, -0.1) is 0 Å². The molecule has 0 spiro atoms. The maximum atomic E-state index is 11.4. The third-order valence-corrected chi connectivity index (χ3v) is 2.14. The summed E-state index contributed by atoms with van der Waals surface area (Å²) in [6, 6.07) is 2.65. The van der Waals surface area contributed by atoms with Gasteiger partial charge in [0.05, 0.1) is 12.8 Å². The smallest absolute Gasteiger partial charge is 0.334 e. The van der Waals surface area contributed by atoms with Crippen molar-refractivity contribution in [2.24, 2.45) is 0 Å². The lowest BCUT2D eigenvalue weighted by Crippen LogP contribution is -2.30. The van der Waals surface area contributed by atoms with Crippen molar-refractivity contribution in [2.75, 3.05) is 7.05 Å². The Bertz CT molecular complexity index is 423. The van der Waals surface area contributed by atoms with Crippen LogP contribution in [0.2, 0.25) is 0 Å². The number of nitrogens with zero attached hydrogens (tertiary/aromatic N) is 2. The van der Waals surface area contributed by atoms with E-state index in [0.717, 1.165) is 9.80 Å². The van der Waals surface area contributed by atoms with Gasteiger partial charge < -0.3 is 4.42 Å². The molecule has 6 heteroatoms. The third-order valence-electron chi connectivity index (χ3n) is 2.14.